The number of piperidine rings is 1. The molecule has 0 aromatic heterocycles. The number of likely N-dealkylation sites (tertiary alicyclic amines) is 2. The predicted molar refractivity (Wildman–Crippen MR) is 85.6 cm³/mol. The average Bonchev–Trinajstić information content (AvgIpc) is 3.11. The average molecular weight is 294 g/mol. The molecule has 2 unspecified atom stereocenters. The van der Waals surface area contributed by atoms with Gasteiger partial charge in [0.1, 0.15) is 0 Å². The van der Waals surface area contributed by atoms with Crippen LogP contribution in [0.15, 0.2) is 4.99 Å². The topological polar surface area (TPSA) is 40.1 Å². The molecule has 3 aliphatic heterocycles. The first kappa shape index (κ1) is 15.1. The van der Waals surface area contributed by atoms with Crippen molar-refractivity contribution < 1.29 is 4.74 Å². The molecule has 3 aliphatic rings. The Kier molecular flexibility index (Phi) is 4.69. The van der Waals surface area contributed by atoms with Crippen LogP contribution in [0.1, 0.15) is 25.7 Å². The van der Waals surface area contributed by atoms with E-state index < -0.39 is 0 Å². The molecule has 0 bridgehead atoms. The van der Waals surface area contributed by atoms with Crippen LogP contribution in [0.3, 0.4) is 0 Å². The molecule has 3 saturated heterocycles. The second-order valence-corrected chi connectivity index (χ2v) is 7.17. The Labute approximate surface area is 128 Å². The number of nitrogens with zero attached hydrogens (tertiary/aromatic N) is 3. The second-order valence-electron chi connectivity index (χ2n) is 7.17. The molecule has 3 heterocycles. The van der Waals surface area contributed by atoms with E-state index in [-0.39, 0.29) is 0 Å². The maximum Gasteiger partial charge on any atom is 0.193 e. The van der Waals surface area contributed by atoms with Gasteiger partial charge in [0.05, 0.1) is 6.61 Å². The minimum absolute atomic E-state index is 0.405. The molecule has 0 saturated carbocycles. The number of ether oxygens (including phenoxy) is 1. The first-order chi connectivity index (χ1) is 10.2. The van der Waals surface area contributed by atoms with Crippen LogP contribution in [-0.4, -0.2) is 75.8 Å². The monoisotopic (exact) mass is 294 g/mol. The first-order valence-electron chi connectivity index (χ1n) is 8.43. The van der Waals surface area contributed by atoms with E-state index in [1.54, 1.807) is 0 Å². The van der Waals surface area contributed by atoms with Gasteiger partial charge in [0, 0.05) is 45.2 Å². The number of aliphatic imine (C=N–C) groups is 1. The molecule has 1 N–H and O–H groups in total. The number of rotatable bonds is 2. The van der Waals surface area contributed by atoms with Crippen LogP contribution < -0.4 is 5.32 Å². The Bertz CT molecular complexity index is 378. The molecule has 5 nitrogen and oxygen atoms in total. The summed E-state index contributed by atoms with van der Waals surface area (Å²) in [5.41, 5.74) is 0.405. The number of guanidine groups is 1. The summed E-state index contributed by atoms with van der Waals surface area (Å²) in [6.07, 6.45) is 5.13. The van der Waals surface area contributed by atoms with Gasteiger partial charge in [-0.2, -0.15) is 0 Å². The lowest BCUT2D eigenvalue weighted by Gasteiger charge is -2.31. The van der Waals surface area contributed by atoms with E-state index in [1.165, 1.54) is 38.8 Å². The summed E-state index contributed by atoms with van der Waals surface area (Å²) in [6, 6.07) is 0. The SMILES string of the molecule is CN=C(NCC1CCCN(C)C1)N1CCC2(CCOC2)C1. The summed E-state index contributed by atoms with van der Waals surface area (Å²) in [6.45, 7) is 7.62. The molecule has 0 aromatic carbocycles. The van der Waals surface area contributed by atoms with Crippen molar-refractivity contribution in [2.75, 3.05) is 60.0 Å². The molecule has 0 aromatic rings. The number of hydrogen-bond donors (Lipinski definition) is 1. The van der Waals surface area contributed by atoms with Gasteiger partial charge >= 0.3 is 0 Å². The standard InChI is InChI=1S/C16H30N4O/c1-17-15(18-10-14-4-3-7-19(2)11-14)20-8-5-16(12-20)6-9-21-13-16/h14H,3-13H2,1-2H3,(H,17,18). The van der Waals surface area contributed by atoms with Crippen LogP contribution in [0.25, 0.3) is 0 Å². The van der Waals surface area contributed by atoms with Gasteiger partial charge in [-0.25, -0.2) is 0 Å². The van der Waals surface area contributed by atoms with Crippen LogP contribution in [0.4, 0.5) is 0 Å². The molecule has 120 valence electrons. The third-order valence-electron chi connectivity index (χ3n) is 5.41. The molecule has 21 heavy (non-hydrogen) atoms. The van der Waals surface area contributed by atoms with Crippen LogP contribution in [-0.2, 0) is 4.74 Å². The summed E-state index contributed by atoms with van der Waals surface area (Å²) in [5, 5.41) is 3.62. The van der Waals surface area contributed by atoms with E-state index >= 15 is 0 Å². The summed E-state index contributed by atoms with van der Waals surface area (Å²) < 4.78 is 5.62. The van der Waals surface area contributed by atoms with Crippen LogP contribution in [0.2, 0.25) is 0 Å². The second kappa shape index (κ2) is 6.53. The normalized spacial score (nSPS) is 34.9. The van der Waals surface area contributed by atoms with Crippen molar-refractivity contribution in [1.29, 1.82) is 0 Å². The van der Waals surface area contributed by atoms with E-state index in [2.05, 4.69) is 27.2 Å². The highest BCUT2D eigenvalue weighted by atomic mass is 16.5. The molecule has 3 rings (SSSR count). The Hall–Kier alpha value is -0.810. The Morgan fingerprint density at radius 2 is 2.29 bits per heavy atom. The molecule has 3 fully saturated rings. The molecule has 1 spiro atoms. The quantitative estimate of drug-likeness (QED) is 0.610. The molecular formula is C16H30N4O. The molecule has 0 amide bonds. The fraction of sp³-hybridized carbons (Fsp3) is 0.938. The molecule has 0 aliphatic carbocycles. The van der Waals surface area contributed by atoms with Crippen molar-refractivity contribution >= 4 is 5.96 Å². The molecular weight excluding hydrogens is 264 g/mol. The van der Waals surface area contributed by atoms with Gasteiger partial charge in [-0.1, -0.05) is 0 Å². The highest BCUT2D eigenvalue weighted by Gasteiger charge is 2.42. The smallest absolute Gasteiger partial charge is 0.193 e. The molecule has 5 heteroatoms. The first-order valence-corrected chi connectivity index (χ1v) is 8.43. The van der Waals surface area contributed by atoms with Gasteiger partial charge in [0.15, 0.2) is 5.96 Å². The maximum atomic E-state index is 5.62. The number of nitrogens with one attached hydrogen (secondary N) is 1. The third kappa shape index (κ3) is 3.51. The van der Waals surface area contributed by atoms with E-state index in [0.717, 1.165) is 44.7 Å². The molecule has 2 atom stereocenters. The highest BCUT2D eigenvalue weighted by molar-refractivity contribution is 5.80. The molecule has 0 radical (unpaired) electrons. The summed E-state index contributed by atoms with van der Waals surface area (Å²) in [4.78, 5) is 9.38. The fourth-order valence-corrected chi connectivity index (χ4v) is 4.10. The largest absolute Gasteiger partial charge is 0.381 e. The minimum Gasteiger partial charge on any atom is -0.381 e. The highest BCUT2D eigenvalue weighted by Crippen LogP contribution is 2.38. The lowest BCUT2D eigenvalue weighted by atomic mass is 9.87. The lowest BCUT2D eigenvalue weighted by Crippen LogP contribution is -2.45. The maximum absolute atomic E-state index is 5.62. The predicted octanol–water partition coefficient (Wildman–Crippen LogP) is 1.02. The zero-order valence-corrected chi connectivity index (χ0v) is 13.6. The van der Waals surface area contributed by atoms with E-state index in [1.807, 2.05) is 7.05 Å². The Balaban J connectivity index is 1.49. The van der Waals surface area contributed by atoms with E-state index in [0.29, 0.717) is 5.41 Å². The van der Waals surface area contributed by atoms with E-state index in [4.69, 9.17) is 4.74 Å². The Morgan fingerprint density at radius 3 is 3.00 bits per heavy atom. The zero-order chi connectivity index (χ0) is 14.7. The Morgan fingerprint density at radius 1 is 1.38 bits per heavy atom. The van der Waals surface area contributed by atoms with Gasteiger partial charge in [-0.15, -0.1) is 0 Å². The van der Waals surface area contributed by atoms with Crippen molar-refractivity contribution in [3.05, 3.63) is 0 Å². The van der Waals surface area contributed by atoms with Crippen molar-refractivity contribution in [3.8, 4) is 0 Å². The van der Waals surface area contributed by atoms with Crippen molar-refractivity contribution in [3.63, 3.8) is 0 Å². The number of hydrogen-bond acceptors (Lipinski definition) is 3. The fourth-order valence-electron chi connectivity index (χ4n) is 4.10. The van der Waals surface area contributed by atoms with Gasteiger partial charge in [0.2, 0.25) is 0 Å². The van der Waals surface area contributed by atoms with Crippen LogP contribution >= 0.6 is 0 Å². The third-order valence-corrected chi connectivity index (χ3v) is 5.41. The van der Waals surface area contributed by atoms with Crippen LogP contribution in [0.5, 0.6) is 0 Å². The summed E-state index contributed by atoms with van der Waals surface area (Å²) in [5.74, 6) is 1.85. The van der Waals surface area contributed by atoms with Crippen molar-refractivity contribution in [2.24, 2.45) is 16.3 Å². The van der Waals surface area contributed by atoms with Crippen LogP contribution in [0, 0.1) is 11.3 Å². The lowest BCUT2D eigenvalue weighted by molar-refractivity contribution is 0.156. The minimum atomic E-state index is 0.405. The summed E-state index contributed by atoms with van der Waals surface area (Å²) >= 11 is 0. The van der Waals surface area contributed by atoms with E-state index in [9.17, 15) is 0 Å². The van der Waals surface area contributed by atoms with Crippen molar-refractivity contribution in [2.45, 2.75) is 25.7 Å². The van der Waals surface area contributed by atoms with Gasteiger partial charge in [0.25, 0.3) is 0 Å². The van der Waals surface area contributed by atoms with Gasteiger partial charge in [-0.05, 0) is 45.2 Å². The van der Waals surface area contributed by atoms with Gasteiger partial charge < -0.3 is 19.9 Å². The van der Waals surface area contributed by atoms with Gasteiger partial charge in [-0.3, -0.25) is 4.99 Å². The van der Waals surface area contributed by atoms with Crippen molar-refractivity contribution in [1.82, 2.24) is 15.1 Å². The summed E-state index contributed by atoms with van der Waals surface area (Å²) in [7, 11) is 4.14. The zero-order valence-electron chi connectivity index (χ0n) is 13.6.